The maximum absolute atomic E-state index is 13.6. The molecule has 0 N–H and O–H groups in total. The molecular formula is C26H28N4O2S. The van der Waals surface area contributed by atoms with Crippen molar-refractivity contribution < 1.29 is 4.79 Å². The molecule has 2 aromatic carbocycles. The second-order valence-electron chi connectivity index (χ2n) is 8.61. The molecular weight excluding hydrogens is 432 g/mol. The van der Waals surface area contributed by atoms with Gasteiger partial charge in [0.1, 0.15) is 0 Å². The van der Waals surface area contributed by atoms with Gasteiger partial charge in [0.2, 0.25) is 0 Å². The van der Waals surface area contributed by atoms with Crippen LogP contribution in [0, 0.1) is 0 Å². The van der Waals surface area contributed by atoms with Crippen LogP contribution in [0.5, 0.6) is 0 Å². The maximum Gasteiger partial charge on any atom is 0.271 e. The molecule has 0 fully saturated rings. The van der Waals surface area contributed by atoms with Crippen molar-refractivity contribution in [3.63, 3.8) is 0 Å². The first kappa shape index (κ1) is 22.7. The Hall–Kier alpha value is -3.45. The number of rotatable bonds is 5. The predicted molar refractivity (Wildman–Crippen MR) is 136 cm³/mol. The molecule has 1 atom stereocenters. The van der Waals surface area contributed by atoms with Crippen molar-refractivity contribution >= 4 is 34.6 Å². The molecule has 0 saturated carbocycles. The fourth-order valence-electron chi connectivity index (χ4n) is 4.06. The summed E-state index contributed by atoms with van der Waals surface area (Å²) in [5, 5.41) is 0. The number of thiazole rings is 1. The minimum absolute atomic E-state index is 0.0773. The molecule has 0 radical (unpaired) electrons. The third-order valence-electron chi connectivity index (χ3n) is 5.83. The van der Waals surface area contributed by atoms with Crippen LogP contribution in [0.4, 0.5) is 11.4 Å². The number of Topliss-reactive ketones (excluding diaryl/α,β-unsaturated/α-hetero) is 1. The Labute approximate surface area is 197 Å². The highest BCUT2D eigenvalue weighted by atomic mass is 32.1. The van der Waals surface area contributed by atoms with Crippen molar-refractivity contribution in [2.75, 3.05) is 38.0 Å². The third-order valence-corrected chi connectivity index (χ3v) is 6.82. The number of benzene rings is 2. The first-order valence-electron chi connectivity index (χ1n) is 10.8. The zero-order chi connectivity index (χ0) is 23.9. The van der Waals surface area contributed by atoms with Crippen molar-refractivity contribution in [2.24, 2.45) is 4.99 Å². The van der Waals surface area contributed by atoms with E-state index >= 15 is 0 Å². The van der Waals surface area contributed by atoms with E-state index in [9.17, 15) is 9.59 Å². The number of aromatic nitrogens is 1. The van der Waals surface area contributed by atoms with Crippen LogP contribution in [0.1, 0.15) is 31.0 Å². The van der Waals surface area contributed by atoms with Crippen LogP contribution in [0.3, 0.4) is 0 Å². The van der Waals surface area contributed by atoms with Gasteiger partial charge in [-0.05, 0) is 55.3 Å². The molecule has 4 rings (SSSR count). The number of carbonyl (C=O) groups is 1. The van der Waals surface area contributed by atoms with Crippen LogP contribution in [-0.2, 0) is 4.79 Å². The highest BCUT2D eigenvalue weighted by Gasteiger charge is 2.30. The summed E-state index contributed by atoms with van der Waals surface area (Å²) in [5.74, 6) is -0.0773. The number of anilines is 2. The Kier molecular flexibility index (Phi) is 6.08. The lowest BCUT2D eigenvalue weighted by atomic mass is 9.93. The van der Waals surface area contributed by atoms with E-state index in [-0.39, 0.29) is 11.3 Å². The van der Waals surface area contributed by atoms with Crippen LogP contribution in [0.25, 0.3) is 6.08 Å². The number of hydrogen-bond donors (Lipinski definition) is 0. The molecule has 0 bridgehead atoms. The smallest absolute Gasteiger partial charge is 0.271 e. The molecule has 1 aromatic heterocycles. The van der Waals surface area contributed by atoms with Gasteiger partial charge in [-0.15, -0.1) is 0 Å². The third kappa shape index (κ3) is 4.28. The highest BCUT2D eigenvalue weighted by Crippen LogP contribution is 2.31. The molecule has 6 nitrogen and oxygen atoms in total. The first-order chi connectivity index (χ1) is 15.7. The van der Waals surface area contributed by atoms with Crippen molar-refractivity contribution in [3.8, 4) is 0 Å². The normalized spacial score (nSPS) is 15.8. The molecule has 170 valence electrons. The second kappa shape index (κ2) is 8.83. The van der Waals surface area contributed by atoms with Gasteiger partial charge in [-0.1, -0.05) is 35.6 Å². The van der Waals surface area contributed by atoms with Gasteiger partial charge in [-0.25, -0.2) is 4.99 Å². The summed E-state index contributed by atoms with van der Waals surface area (Å²) in [5.41, 5.74) is 5.06. The fraction of sp³-hybridized carbons (Fsp3) is 0.269. The zero-order valence-electron chi connectivity index (χ0n) is 19.8. The number of hydrogen-bond acceptors (Lipinski definition) is 6. The fourth-order valence-corrected chi connectivity index (χ4v) is 5.11. The average molecular weight is 461 g/mol. The maximum atomic E-state index is 13.6. The van der Waals surface area contributed by atoms with E-state index in [0.717, 1.165) is 22.5 Å². The largest absolute Gasteiger partial charge is 0.378 e. The molecule has 3 aromatic rings. The summed E-state index contributed by atoms with van der Waals surface area (Å²) in [4.78, 5) is 35.5. The van der Waals surface area contributed by atoms with Crippen LogP contribution < -0.4 is 24.7 Å². The van der Waals surface area contributed by atoms with E-state index in [1.54, 1.807) is 4.57 Å². The number of allylic oxidation sites excluding steroid dienone is 2. The lowest BCUT2D eigenvalue weighted by Crippen LogP contribution is -2.39. The number of nitrogens with zero attached hydrogens (tertiary/aromatic N) is 4. The van der Waals surface area contributed by atoms with Gasteiger partial charge in [0.25, 0.3) is 5.56 Å². The minimum atomic E-state index is -0.492. The van der Waals surface area contributed by atoms with Gasteiger partial charge < -0.3 is 9.80 Å². The zero-order valence-corrected chi connectivity index (χ0v) is 20.6. The van der Waals surface area contributed by atoms with Crippen molar-refractivity contribution in [1.29, 1.82) is 0 Å². The summed E-state index contributed by atoms with van der Waals surface area (Å²) in [6.07, 6.45) is 1.89. The lowest BCUT2D eigenvalue weighted by molar-refractivity contribution is -0.114. The molecule has 0 amide bonds. The molecule has 7 heteroatoms. The molecule has 2 heterocycles. The molecule has 0 saturated heterocycles. The Balaban J connectivity index is 1.88. The van der Waals surface area contributed by atoms with Crippen molar-refractivity contribution in [3.05, 3.63) is 90.6 Å². The average Bonchev–Trinajstić information content (AvgIpc) is 3.07. The summed E-state index contributed by atoms with van der Waals surface area (Å²) in [7, 11) is 7.95. The lowest BCUT2D eigenvalue weighted by Gasteiger charge is -2.25. The Morgan fingerprint density at radius 3 is 2.03 bits per heavy atom. The first-order valence-corrected chi connectivity index (χ1v) is 11.6. The monoisotopic (exact) mass is 460 g/mol. The van der Waals surface area contributed by atoms with Crippen molar-refractivity contribution in [1.82, 2.24) is 4.57 Å². The summed E-state index contributed by atoms with van der Waals surface area (Å²) < 4.78 is 2.26. The molecule has 0 aliphatic carbocycles. The quantitative estimate of drug-likeness (QED) is 0.588. The Morgan fingerprint density at radius 2 is 1.52 bits per heavy atom. The minimum Gasteiger partial charge on any atom is -0.378 e. The van der Waals surface area contributed by atoms with E-state index in [2.05, 4.69) is 4.99 Å². The number of carbonyl (C=O) groups excluding carboxylic acids is 1. The predicted octanol–water partition coefficient (Wildman–Crippen LogP) is 2.96. The second-order valence-corrected chi connectivity index (χ2v) is 9.62. The van der Waals surface area contributed by atoms with Crippen LogP contribution >= 0.6 is 11.3 Å². The molecule has 33 heavy (non-hydrogen) atoms. The molecule has 0 unspecified atom stereocenters. The van der Waals surface area contributed by atoms with Gasteiger partial charge in [0.15, 0.2) is 10.6 Å². The van der Waals surface area contributed by atoms with Gasteiger partial charge in [-0.2, -0.15) is 0 Å². The van der Waals surface area contributed by atoms with E-state index in [4.69, 9.17) is 0 Å². The number of ketones is 1. The van der Waals surface area contributed by atoms with Crippen LogP contribution in [0.15, 0.2) is 69.6 Å². The Bertz CT molecular complexity index is 1410. The number of fused-ring (bicyclic) bond motifs is 1. The topological polar surface area (TPSA) is 57.9 Å². The molecule has 1 aliphatic heterocycles. The van der Waals surface area contributed by atoms with E-state index < -0.39 is 6.04 Å². The van der Waals surface area contributed by atoms with E-state index in [1.807, 2.05) is 99.5 Å². The summed E-state index contributed by atoms with van der Waals surface area (Å²) in [6.45, 7) is 3.38. The molecule has 1 aliphatic rings. The summed E-state index contributed by atoms with van der Waals surface area (Å²) >= 11 is 1.36. The standard InChI is InChI=1S/C26H28N4O2S/c1-16-23(17(2)31)24(19-9-13-21(14-10-19)29(5)6)30-25(32)22(33-26(30)27-16)15-18-7-11-20(12-8-18)28(3)4/h7-15,24H,1-6H3/t24-/m0/s1. The van der Waals surface area contributed by atoms with E-state index in [1.165, 1.54) is 18.3 Å². The SMILES string of the molecule is CC(=O)C1=C(C)N=c2sc(=Cc3ccc(N(C)C)cc3)c(=O)n2[C@H]1c1ccc(N(C)C)cc1. The van der Waals surface area contributed by atoms with Crippen molar-refractivity contribution in [2.45, 2.75) is 19.9 Å². The van der Waals surface area contributed by atoms with E-state index in [0.29, 0.717) is 20.6 Å². The summed E-state index contributed by atoms with van der Waals surface area (Å²) in [6, 6.07) is 15.5. The van der Waals surface area contributed by atoms with Crippen LogP contribution in [0.2, 0.25) is 0 Å². The van der Waals surface area contributed by atoms with Crippen LogP contribution in [-0.4, -0.2) is 38.5 Å². The van der Waals surface area contributed by atoms with Gasteiger partial charge in [0, 0.05) is 50.8 Å². The highest BCUT2D eigenvalue weighted by molar-refractivity contribution is 7.07. The molecule has 0 spiro atoms. The van der Waals surface area contributed by atoms with Gasteiger partial charge >= 0.3 is 0 Å². The Morgan fingerprint density at radius 1 is 0.970 bits per heavy atom. The van der Waals surface area contributed by atoms with Gasteiger partial charge in [0.05, 0.1) is 10.6 Å². The van der Waals surface area contributed by atoms with Gasteiger partial charge in [-0.3, -0.25) is 14.2 Å².